The smallest absolute Gasteiger partial charge is 0.478 e. The van der Waals surface area contributed by atoms with Gasteiger partial charge in [0.1, 0.15) is 11.4 Å². The molecule has 1 heterocycles. The van der Waals surface area contributed by atoms with E-state index in [2.05, 4.69) is 25.6 Å². The molecule has 0 atom stereocenters. The number of hydrogen-bond acceptors (Lipinski definition) is 6. The molecule has 0 unspecified atom stereocenters. The maximum Gasteiger partial charge on any atom is 0.490 e. The molecule has 0 radical (unpaired) electrons. The van der Waals surface area contributed by atoms with Gasteiger partial charge in [-0.3, -0.25) is 4.72 Å². The first-order chi connectivity index (χ1) is 14.7. The fraction of sp³-hybridized carbons (Fsp3) is 0.278. The van der Waals surface area contributed by atoms with Gasteiger partial charge in [0.25, 0.3) is 10.0 Å². The molecule has 0 amide bonds. The maximum atomic E-state index is 12.4. The third kappa shape index (κ3) is 7.67. The van der Waals surface area contributed by atoms with Gasteiger partial charge < -0.3 is 15.1 Å². The number of carboxylic acids is 2. The van der Waals surface area contributed by atoms with Gasteiger partial charge in [0, 0.05) is 17.6 Å². The van der Waals surface area contributed by atoms with Gasteiger partial charge in [-0.05, 0) is 44.2 Å². The highest BCUT2D eigenvalue weighted by atomic mass is 79.9. The standard InChI is InChI=1S/C16H18BrN3O4S.C2HF3O2/c1-3-20(4-2)15-14(16(21)22)9-12(10-18-15)19-25(23,24)13-7-5-11(17)6-8-13;3-2(4,5)1(6)7/h5-10,19H,3-4H2,1-2H3,(H,21,22);(H,6,7). The third-order valence-electron chi connectivity index (χ3n) is 3.78. The largest absolute Gasteiger partial charge is 0.490 e. The summed E-state index contributed by atoms with van der Waals surface area (Å²) in [6, 6.07) is 7.39. The van der Waals surface area contributed by atoms with Gasteiger partial charge in [0.15, 0.2) is 0 Å². The second-order valence-electron chi connectivity index (χ2n) is 5.93. The van der Waals surface area contributed by atoms with Gasteiger partial charge in [-0.2, -0.15) is 13.2 Å². The van der Waals surface area contributed by atoms with Crippen LogP contribution in [0.5, 0.6) is 0 Å². The van der Waals surface area contributed by atoms with Crippen molar-refractivity contribution in [3.8, 4) is 0 Å². The molecule has 3 N–H and O–H groups in total. The predicted molar refractivity (Wildman–Crippen MR) is 113 cm³/mol. The van der Waals surface area contributed by atoms with E-state index in [4.69, 9.17) is 9.90 Å². The first-order valence-electron chi connectivity index (χ1n) is 8.79. The molecule has 32 heavy (non-hydrogen) atoms. The summed E-state index contributed by atoms with van der Waals surface area (Å²) in [6.45, 7) is 4.96. The lowest BCUT2D eigenvalue weighted by molar-refractivity contribution is -0.192. The number of hydrogen-bond donors (Lipinski definition) is 3. The normalized spacial score (nSPS) is 11.2. The molecule has 176 valence electrons. The van der Waals surface area contributed by atoms with Gasteiger partial charge in [-0.15, -0.1) is 0 Å². The van der Waals surface area contributed by atoms with E-state index in [0.29, 0.717) is 18.9 Å². The Morgan fingerprint density at radius 3 is 2.03 bits per heavy atom. The molecule has 9 nitrogen and oxygen atoms in total. The number of benzene rings is 1. The molecule has 14 heteroatoms. The van der Waals surface area contributed by atoms with Crippen LogP contribution in [0, 0.1) is 0 Å². The Labute approximate surface area is 190 Å². The van der Waals surface area contributed by atoms with E-state index in [9.17, 15) is 31.5 Å². The molecule has 0 spiro atoms. The summed E-state index contributed by atoms with van der Waals surface area (Å²) in [7, 11) is -3.83. The zero-order valence-corrected chi connectivity index (χ0v) is 19.1. The monoisotopic (exact) mass is 541 g/mol. The maximum absolute atomic E-state index is 12.4. The van der Waals surface area contributed by atoms with E-state index in [1.165, 1.54) is 24.4 Å². The number of carboxylic acid groups (broad SMARTS) is 2. The molecule has 0 saturated heterocycles. The summed E-state index contributed by atoms with van der Waals surface area (Å²) in [5, 5.41) is 16.6. The highest BCUT2D eigenvalue weighted by Crippen LogP contribution is 2.24. The number of alkyl halides is 3. The Kier molecular flexibility index (Phi) is 9.45. The van der Waals surface area contributed by atoms with Crippen molar-refractivity contribution in [2.75, 3.05) is 22.7 Å². The van der Waals surface area contributed by atoms with Crippen LogP contribution in [0.15, 0.2) is 45.9 Å². The number of halogens is 4. The first kappa shape index (κ1) is 27.2. The lowest BCUT2D eigenvalue weighted by Gasteiger charge is -2.22. The van der Waals surface area contributed by atoms with Crippen LogP contribution in [0.2, 0.25) is 0 Å². The van der Waals surface area contributed by atoms with Crippen molar-refractivity contribution in [1.29, 1.82) is 0 Å². The molecule has 0 aliphatic heterocycles. The van der Waals surface area contributed by atoms with Crippen molar-refractivity contribution >= 4 is 49.4 Å². The van der Waals surface area contributed by atoms with Crippen molar-refractivity contribution < 1.29 is 41.4 Å². The third-order valence-corrected chi connectivity index (χ3v) is 5.70. The van der Waals surface area contributed by atoms with Crippen LogP contribution in [0.25, 0.3) is 0 Å². The Morgan fingerprint density at radius 1 is 1.12 bits per heavy atom. The molecule has 0 aliphatic rings. The molecule has 0 aliphatic carbocycles. The summed E-state index contributed by atoms with van der Waals surface area (Å²) in [5.41, 5.74) is 0.0379. The number of nitrogens with zero attached hydrogens (tertiary/aromatic N) is 2. The number of aliphatic carboxylic acids is 1. The summed E-state index contributed by atoms with van der Waals surface area (Å²) in [6.07, 6.45) is -3.77. The molecular weight excluding hydrogens is 523 g/mol. The van der Waals surface area contributed by atoms with Crippen molar-refractivity contribution in [3.63, 3.8) is 0 Å². The fourth-order valence-corrected chi connectivity index (χ4v) is 3.57. The molecule has 1 aromatic heterocycles. The number of nitrogens with one attached hydrogen (secondary N) is 1. The topological polar surface area (TPSA) is 137 Å². The van der Waals surface area contributed by atoms with Crippen LogP contribution in [0.3, 0.4) is 0 Å². The second kappa shape index (κ2) is 11.1. The lowest BCUT2D eigenvalue weighted by Crippen LogP contribution is -2.25. The molecule has 0 fully saturated rings. The van der Waals surface area contributed by atoms with E-state index in [1.54, 1.807) is 17.0 Å². The van der Waals surface area contributed by atoms with Crippen molar-refractivity contribution in [2.24, 2.45) is 0 Å². The van der Waals surface area contributed by atoms with Crippen molar-refractivity contribution in [3.05, 3.63) is 46.6 Å². The number of aromatic nitrogens is 1. The molecule has 0 saturated carbocycles. The first-order valence-corrected chi connectivity index (χ1v) is 11.1. The van der Waals surface area contributed by atoms with Crippen LogP contribution < -0.4 is 9.62 Å². The van der Waals surface area contributed by atoms with E-state index in [-0.39, 0.29) is 16.1 Å². The van der Waals surface area contributed by atoms with Crippen LogP contribution in [-0.4, -0.2) is 54.8 Å². The zero-order chi connectivity index (χ0) is 24.7. The number of pyridine rings is 1. The molecular formula is C18H19BrF3N3O6S. The summed E-state index contributed by atoms with van der Waals surface area (Å²) in [5.74, 6) is -3.62. The quantitative estimate of drug-likeness (QED) is 0.481. The van der Waals surface area contributed by atoms with Gasteiger partial charge in [0.2, 0.25) is 0 Å². The average molecular weight is 542 g/mol. The molecule has 0 bridgehead atoms. The number of rotatable bonds is 7. The Balaban J connectivity index is 0.000000633. The zero-order valence-electron chi connectivity index (χ0n) is 16.7. The fourth-order valence-electron chi connectivity index (χ4n) is 2.27. The van der Waals surface area contributed by atoms with Gasteiger partial charge in [0.05, 0.1) is 16.8 Å². The lowest BCUT2D eigenvalue weighted by atomic mass is 10.2. The van der Waals surface area contributed by atoms with Crippen LogP contribution >= 0.6 is 15.9 Å². The number of aromatic carboxylic acids is 1. The highest BCUT2D eigenvalue weighted by molar-refractivity contribution is 9.10. The van der Waals surface area contributed by atoms with E-state index < -0.39 is 28.1 Å². The SMILES string of the molecule is CCN(CC)c1ncc(NS(=O)(=O)c2ccc(Br)cc2)cc1C(=O)O.O=C(O)C(F)(F)F. The van der Waals surface area contributed by atoms with E-state index in [1.807, 2.05) is 13.8 Å². The number of sulfonamides is 1. The Morgan fingerprint density at radius 2 is 1.62 bits per heavy atom. The minimum absolute atomic E-state index is 0.0558. The predicted octanol–water partition coefficient (Wildman–Crippen LogP) is 3.82. The Bertz CT molecular complexity index is 1060. The Hall–Kier alpha value is -2.87. The van der Waals surface area contributed by atoms with Gasteiger partial charge in [-0.25, -0.2) is 23.0 Å². The summed E-state index contributed by atoms with van der Waals surface area (Å²) >= 11 is 3.24. The van der Waals surface area contributed by atoms with Gasteiger partial charge in [-0.1, -0.05) is 15.9 Å². The second-order valence-corrected chi connectivity index (χ2v) is 8.53. The van der Waals surface area contributed by atoms with Crippen LogP contribution in [0.1, 0.15) is 24.2 Å². The van der Waals surface area contributed by atoms with Crippen LogP contribution in [-0.2, 0) is 14.8 Å². The highest BCUT2D eigenvalue weighted by Gasteiger charge is 2.38. The van der Waals surface area contributed by atoms with Crippen molar-refractivity contribution in [2.45, 2.75) is 24.9 Å². The molecule has 2 rings (SSSR count). The van der Waals surface area contributed by atoms with Crippen molar-refractivity contribution in [1.82, 2.24) is 4.98 Å². The van der Waals surface area contributed by atoms with Gasteiger partial charge >= 0.3 is 18.1 Å². The average Bonchev–Trinajstić information content (AvgIpc) is 2.69. The van der Waals surface area contributed by atoms with E-state index >= 15 is 0 Å². The minimum Gasteiger partial charge on any atom is -0.478 e. The van der Waals surface area contributed by atoms with Crippen LogP contribution in [0.4, 0.5) is 24.7 Å². The molecule has 1 aromatic carbocycles. The summed E-state index contributed by atoms with van der Waals surface area (Å²) < 4.78 is 59.7. The minimum atomic E-state index is -5.08. The summed E-state index contributed by atoms with van der Waals surface area (Å²) in [4.78, 5) is 26.4. The number of carbonyl (C=O) groups is 2. The molecule has 2 aromatic rings. The number of anilines is 2. The van der Waals surface area contributed by atoms with E-state index in [0.717, 1.165) is 4.47 Å².